The molecule has 0 aromatic heterocycles. The minimum Gasteiger partial charge on any atom is -0.313 e. The molecule has 0 heterocycles. The normalized spacial score (nSPS) is 12.7. The lowest BCUT2D eigenvalue weighted by Crippen LogP contribution is -2.33. The summed E-state index contributed by atoms with van der Waals surface area (Å²) < 4.78 is 13.5. The van der Waals surface area contributed by atoms with E-state index in [4.69, 9.17) is 11.6 Å². The molecule has 1 aromatic carbocycles. The fraction of sp³-hybridized carbons (Fsp3) is 0.533. The van der Waals surface area contributed by atoms with Crippen LogP contribution in [0.25, 0.3) is 0 Å². The summed E-state index contributed by atoms with van der Waals surface area (Å²) in [5, 5.41) is 3.44. The molecule has 1 N–H and O–H groups in total. The van der Waals surface area contributed by atoms with Gasteiger partial charge in [0.2, 0.25) is 0 Å². The summed E-state index contributed by atoms with van der Waals surface area (Å²) in [6.45, 7) is 6.27. The maximum absolute atomic E-state index is 13.5. The summed E-state index contributed by atoms with van der Waals surface area (Å²) in [7, 11) is 0. The standard InChI is InChI=1S/C15H21ClFNO/c1-4-12(5-2)18-9-13(10(3)19)11-6-7-14(16)15(17)8-11/h6-8,12-13,18H,4-5,9H2,1-3H3. The van der Waals surface area contributed by atoms with Crippen LogP contribution in [0.2, 0.25) is 5.02 Å². The minimum absolute atomic E-state index is 0.0279. The summed E-state index contributed by atoms with van der Waals surface area (Å²) in [6, 6.07) is 4.95. The average Bonchev–Trinajstić information content (AvgIpc) is 2.38. The first-order valence-electron chi connectivity index (χ1n) is 6.68. The van der Waals surface area contributed by atoms with Crippen LogP contribution in [0.1, 0.15) is 45.1 Å². The van der Waals surface area contributed by atoms with E-state index in [1.54, 1.807) is 6.07 Å². The number of hydrogen-bond donors (Lipinski definition) is 1. The summed E-state index contributed by atoms with van der Waals surface area (Å²) in [6.07, 6.45) is 2.02. The van der Waals surface area contributed by atoms with Crippen molar-refractivity contribution in [3.05, 3.63) is 34.6 Å². The Morgan fingerprint density at radius 1 is 1.37 bits per heavy atom. The molecule has 0 saturated heterocycles. The van der Waals surface area contributed by atoms with Gasteiger partial charge in [0.05, 0.1) is 10.9 Å². The summed E-state index contributed by atoms with van der Waals surface area (Å²) in [5.74, 6) is -0.777. The first-order chi connectivity index (χ1) is 8.99. The maximum atomic E-state index is 13.5. The average molecular weight is 286 g/mol. The van der Waals surface area contributed by atoms with Crippen molar-refractivity contribution < 1.29 is 9.18 Å². The molecular formula is C15H21ClFNO. The predicted octanol–water partition coefficient (Wildman–Crippen LogP) is 3.93. The highest BCUT2D eigenvalue weighted by Crippen LogP contribution is 2.22. The van der Waals surface area contributed by atoms with Gasteiger partial charge < -0.3 is 5.32 Å². The van der Waals surface area contributed by atoms with E-state index < -0.39 is 5.82 Å². The van der Waals surface area contributed by atoms with Gasteiger partial charge in [-0.05, 0) is 37.5 Å². The van der Waals surface area contributed by atoms with Gasteiger partial charge >= 0.3 is 0 Å². The number of hydrogen-bond acceptors (Lipinski definition) is 2. The zero-order valence-corrected chi connectivity index (χ0v) is 12.4. The second-order valence-corrected chi connectivity index (χ2v) is 5.17. The van der Waals surface area contributed by atoms with Crippen LogP contribution in [-0.4, -0.2) is 18.4 Å². The van der Waals surface area contributed by atoms with E-state index in [2.05, 4.69) is 19.2 Å². The lowest BCUT2D eigenvalue weighted by molar-refractivity contribution is -0.118. The molecule has 1 aromatic rings. The van der Waals surface area contributed by atoms with E-state index in [1.165, 1.54) is 19.1 Å². The van der Waals surface area contributed by atoms with Crippen molar-refractivity contribution in [2.24, 2.45) is 0 Å². The van der Waals surface area contributed by atoms with Gasteiger partial charge in [-0.1, -0.05) is 31.5 Å². The monoisotopic (exact) mass is 285 g/mol. The molecule has 106 valence electrons. The van der Waals surface area contributed by atoms with E-state index in [0.29, 0.717) is 18.2 Å². The first-order valence-corrected chi connectivity index (χ1v) is 7.06. The molecule has 2 nitrogen and oxygen atoms in total. The molecule has 0 spiro atoms. The Bertz CT molecular complexity index is 432. The quantitative estimate of drug-likeness (QED) is 0.822. The molecule has 19 heavy (non-hydrogen) atoms. The molecule has 4 heteroatoms. The molecular weight excluding hydrogens is 265 g/mol. The van der Waals surface area contributed by atoms with Gasteiger partial charge in [-0.15, -0.1) is 0 Å². The van der Waals surface area contributed by atoms with Crippen LogP contribution in [0.5, 0.6) is 0 Å². The molecule has 1 unspecified atom stereocenters. The Morgan fingerprint density at radius 3 is 2.47 bits per heavy atom. The Labute approximate surface area is 119 Å². The Morgan fingerprint density at radius 2 is 2.00 bits per heavy atom. The third-order valence-electron chi connectivity index (χ3n) is 3.43. The zero-order valence-electron chi connectivity index (χ0n) is 11.7. The Kier molecular flexibility index (Phi) is 6.46. The van der Waals surface area contributed by atoms with Gasteiger partial charge in [-0.25, -0.2) is 4.39 Å². The third kappa shape index (κ3) is 4.59. The number of benzene rings is 1. The number of rotatable bonds is 7. The van der Waals surface area contributed by atoms with Crippen molar-refractivity contribution in [3.8, 4) is 0 Å². The molecule has 0 aliphatic rings. The van der Waals surface area contributed by atoms with Gasteiger partial charge in [0.15, 0.2) is 0 Å². The third-order valence-corrected chi connectivity index (χ3v) is 3.74. The number of carbonyl (C=O) groups excluding carboxylic acids is 1. The van der Waals surface area contributed by atoms with Crippen molar-refractivity contribution in [3.63, 3.8) is 0 Å². The number of ketones is 1. The lowest BCUT2D eigenvalue weighted by atomic mass is 9.94. The molecule has 0 aliphatic heterocycles. The van der Waals surface area contributed by atoms with E-state index >= 15 is 0 Å². The molecule has 0 bridgehead atoms. The van der Waals surface area contributed by atoms with Crippen molar-refractivity contribution in [1.29, 1.82) is 0 Å². The van der Waals surface area contributed by atoms with Crippen molar-refractivity contribution in [1.82, 2.24) is 5.32 Å². The van der Waals surface area contributed by atoms with Crippen molar-refractivity contribution in [2.45, 2.75) is 45.6 Å². The van der Waals surface area contributed by atoms with Gasteiger partial charge in [-0.2, -0.15) is 0 Å². The Hall–Kier alpha value is -0.930. The fourth-order valence-electron chi connectivity index (χ4n) is 2.09. The van der Waals surface area contributed by atoms with Gasteiger partial charge in [-0.3, -0.25) is 4.79 Å². The SMILES string of the molecule is CCC(CC)NCC(C(C)=O)c1ccc(Cl)c(F)c1. The maximum Gasteiger partial charge on any atom is 0.142 e. The molecule has 1 atom stereocenters. The van der Waals surface area contributed by atoms with Gasteiger partial charge in [0.1, 0.15) is 11.6 Å². The molecule has 0 saturated carbocycles. The van der Waals surface area contributed by atoms with E-state index in [0.717, 1.165) is 12.8 Å². The van der Waals surface area contributed by atoms with Crippen LogP contribution >= 0.6 is 11.6 Å². The molecule has 0 aliphatic carbocycles. The fourth-order valence-corrected chi connectivity index (χ4v) is 2.20. The molecule has 0 amide bonds. The van der Waals surface area contributed by atoms with Gasteiger partial charge in [0.25, 0.3) is 0 Å². The van der Waals surface area contributed by atoms with Crippen molar-refractivity contribution in [2.75, 3.05) is 6.54 Å². The number of carbonyl (C=O) groups is 1. The number of Topliss-reactive ketones (excluding diaryl/α,β-unsaturated/α-hetero) is 1. The highest BCUT2D eigenvalue weighted by molar-refractivity contribution is 6.30. The minimum atomic E-state index is -0.479. The van der Waals surface area contributed by atoms with Gasteiger partial charge in [0, 0.05) is 12.6 Å². The summed E-state index contributed by atoms with van der Waals surface area (Å²) in [5.41, 5.74) is 0.674. The van der Waals surface area contributed by atoms with Crippen LogP contribution in [0.15, 0.2) is 18.2 Å². The summed E-state index contributed by atoms with van der Waals surface area (Å²) >= 11 is 5.66. The molecule has 1 rings (SSSR count). The Balaban J connectivity index is 2.82. The second-order valence-electron chi connectivity index (χ2n) is 4.76. The second kappa shape index (κ2) is 7.61. The van der Waals surface area contributed by atoms with Crippen molar-refractivity contribution >= 4 is 17.4 Å². The van der Waals surface area contributed by atoms with Crippen LogP contribution in [0.3, 0.4) is 0 Å². The highest BCUT2D eigenvalue weighted by atomic mass is 35.5. The summed E-state index contributed by atoms with van der Waals surface area (Å²) in [4.78, 5) is 11.7. The number of halogens is 2. The predicted molar refractivity (Wildman–Crippen MR) is 77.2 cm³/mol. The largest absolute Gasteiger partial charge is 0.313 e. The first kappa shape index (κ1) is 16.1. The van der Waals surface area contributed by atoms with E-state index in [-0.39, 0.29) is 16.7 Å². The number of nitrogens with one attached hydrogen (secondary N) is 1. The lowest BCUT2D eigenvalue weighted by Gasteiger charge is -2.20. The van der Waals surface area contributed by atoms with Crippen LogP contribution in [0, 0.1) is 5.82 Å². The zero-order chi connectivity index (χ0) is 14.4. The van der Waals surface area contributed by atoms with E-state index in [9.17, 15) is 9.18 Å². The highest BCUT2D eigenvalue weighted by Gasteiger charge is 2.19. The van der Waals surface area contributed by atoms with E-state index in [1.807, 2.05) is 0 Å². The van der Waals surface area contributed by atoms with Crippen LogP contribution in [0.4, 0.5) is 4.39 Å². The molecule has 0 fully saturated rings. The molecule has 0 radical (unpaired) electrons. The smallest absolute Gasteiger partial charge is 0.142 e. The topological polar surface area (TPSA) is 29.1 Å². The van der Waals surface area contributed by atoms with Crippen LogP contribution < -0.4 is 5.32 Å². The van der Waals surface area contributed by atoms with Crippen LogP contribution in [-0.2, 0) is 4.79 Å².